The molecule has 0 unspecified atom stereocenters. The molecule has 4 rings (SSSR count). The molecule has 10 nitrogen and oxygen atoms in total. The van der Waals surface area contributed by atoms with Crippen molar-refractivity contribution in [3.8, 4) is 5.75 Å². The third kappa shape index (κ3) is 4.34. The molecule has 0 N–H and O–H groups in total. The fraction of sp³-hybridized carbons (Fsp3) is 0.0833. The first-order valence-corrected chi connectivity index (χ1v) is 10.4. The fourth-order valence-corrected chi connectivity index (χ4v) is 3.78. The summed E-state index contributed by atoms with van der Waals surface area (Å²) in [6.45, 7) is -0.694. The van der Waals surface area contributed by atoms with Crippen molar-refractivity contribution in [1.29, 1.82) is 0 Å². The van der Waals surface area contributed by atoms with E-state index < -0.39 is 35.1 Å². The van der Waals surface area contributed by atoms with Crippen LogP contribution in [0.25, 0.3) is 0 Å². The standard InChI is InChI=1S/C24H15ClN2O8/c1-34-21-11-19(26-22(29)15-7-2-3-8-16(15)23(26)30)18(25)10-17(21)24(31)35-12-20(28)13-5-4-6-14(9-13)27(32)33/h2-11H,12H2,1H3. The lowest BCUT2D eigenvalue weighted by atomic mass is 10.1. The Kier molecular flexibility index (Phi) is 6.30. The van der Waals surface area contributed by atoms with E-state index >= 15 is 0 Å². The average molecular weight is 495 g/mol. The molecule has 0 spiro atoms. The number of anilines is 1. The number of non-ortho nitro benzene ring substituents is 1. The summed E-state index contributed by atoms with van der Waals surface area (Å²) in [7, 11) is 1.26. The Morgan fingerprint density at radius 1 is 1.00 bits per heavy atom. The minimum atomic E-state index is -0.962. The summed E-state index contributed by atoms with van der Waals surface area (Å²) in [5.41, 5.74) is 0.0207. The molecule has 0 saturated heterocycles. The zero-order chi connectivity index (χ0) is 25.3. The van der Waals surface area contributed by atoms with Crippen molar-refractivity contribution in [1.82, 2.24) is 0 Å². The van der Waals surface area contributed by atoms with Gasteiger partial charge in [0.25, 0.3) is 17.5 Å². The second kappa shape index (κ2) is 9.35. The van der Waals surface area contributed by atoms with Gasteiger partial charge in [0.15, 0.2) is 6.61 Å². The van der Waals surface area contributed by atoms with E-state index in [-0.39, 0.29) is 44.4 Å². The predicted molar refractivity (Wildman–Crippen MR) is 123 cm³/mol. The summed E-state index contributed by atoms with van der Waals surface area (Å²) >= 11 is 6.32. The number of hydrogen-bond donors (Lipinski definition) is 0. The van der Waals surface area contributed by atoms with Gasteiger partial charge in [-0.3, -0.25) is 24.5 Å². The van der Waals surface area contributed by atoms with Gasteiger partial charge in [0.1, 0.15) is 11.3 Å². The molecule has 176 valence electrons. The molecule has 0 bridgehead atoms. The molecule has 0 atom stereocenters. The molecule has 35 heavy (non-hydrogen) atoms. The second-order valence-electron chi connectivity index (χ2n) is 7.30. The number of carbonyl (C=O) groups is 4. The van der Waals surface area contributed by atoms with Crippen molar-refractivity contribution in [2.24, 2.45) is 0 Å². The van der Waals surface area contributed by atoms with E-state index in [1.54, 1.807) is 12.1 Å². The molecule has 1 aliphatic rings. The normalized spacial score (nSPS) is 12.3. The Balaban J connectivity index is 1.56. The highest BCUT2D eigenvalue weighted by atomic mass is 35.5. The van der Waals surface area contributed by atoms with Crippen molar-refractivity contribution < 1.29 is 33.6 Å². The Bertz CT molecular complexity index is 1380. The number of ketones is 1. The molecule has 0 aromatic heterocycles. The molecular formula is C24H15ClN2O8. The smallest absolute Gasteiger partial charge is 0.342 e. The number of hydrogen-bond acceptors (Lipinski definition) is 8. The van der Waals surface area contributed by atoms with E-state index in [0.29, 0.717) is 0 Å². The quantitative estimate of drug-likeness (QED) is 0.157. The maximum atomic E-state index is 12.8. The third-order valence-electron chi connectivity index (χ3n) is 5.24. The number of esters is 1. The van der Waals surface area contributed by atoms with E-state index in [1.807, 2.05) is 0 Å². The number of ether oxygens (including phenoxy) is 2. The highest BCUT2D eigenvalue weighted by Gasteiger charge is 2.38. The van der Waals surface area contributed by atoms with Crippen LogP contribution >= 0.6 is 11.6 Å². The summed E-state index contributed by atoms with van der Waals surface area (Å²) in [6, 6.07) is 13.7. The van der Waals surface area contributed by atoms with Crippen LogP contribution in [0.1, 0.15) is 41.4 Å². The molecular weight excluding hydrogens is 480 g/mol. The minimum Gasteiger partial charge on any atom is -0.496 e. The van der Waals surface area contributed by atoms with E-state index in [0.717, 1.165) is 11.0 Å². The lowest BCUT2D eigenvalue weighted by Gasteiger charge is -2.18. The Labute approximate surface area is 202 Å². The van der Waals surface area contributed by atoms with Crippen LogP contribution in [-0.4, -0.2) is 42.2 Å². The van der Waals surface area contributed by atoms with Crippen molar-refractivity contribution in [2.75, 3.05) is 18.6 Å². The van der Waals surface area contributed by atoms with Crippen LogP contribution in [-0.2, 0) is 4.74 Å². The average Bonchev–Trinajstić information content (AvgIpc) is 3.12. The monoisotopic (exact) mass is 494 g/mol. The van der Waals surface area contributed by atoms with Crippen LogP contribution in [0.4, 0.5) is 11.4 Å². The second-order valence-corrected chi connectivity index (χ2v) is 7.71. The van der Waals surface area contributed by atoms with Crippen molar-refractivity contribution >= 4 is 46.5 Å². The van der Waals surface area contributed by atoms with Crippen LogP contribution in [0.3, 0.4) is 0 Å². The van der Waals surface area contributed by atoms with Gasteiger partial charge in [-0.25, -0.2) is 9.69 Å². The molecule has 11 heteroatoms. The summed E-state index contributed by atoms with van der Waals surface area (Å²) in [4.78, 5) is 61.7. The lowest BCUT2D eigenvalue weighted by Crippen LogP contribution is -2.29. The van der Waals surface area contributed by atoms with Gasteiger partial charge in [-0.2, -0.15) is 0 Å². The highest BCUT2D eigenvalue weighted by Crippen LogP contribution is 2.38. The van der Waals surface area contributed by atoms with Gasteiger partial charge >= 0.3 is 5.97 Å². The van der Waals surface area contributed by atoms with Gasteiger partial charge in [-0.05, 0) is 18.2 Å². The number of methoxy groups -OCH3 is 1. The number of benzene rings is 3. The summed E-state index contributed by atoms with van der Waals surface area (Å²) in [5.74, 6) is -2.82. The first-order chi connectivity index (χ1) is 16.7. The van der Waals surface area contributed by atoms with Gasteiger partial charge in [0.2, 0.25) is 5.78 Å². The van der Waals surface area contributed by atoms with Gasteiger partial charge in [-0.15, -0.1) is 0 Å². The Hall–Kier alpha value is -4.57. The Morgan fingerprint density at radius 3 is 2.26 bits per heavy atom. The Morgan fingerprint density at radius 2 is 1.66 bits per heavy atom. The predicted octanol–water partition coefficient (Wildman–Crippen LogP) is 4.10. The maximum Gasteiger partial charge on any atom is 0.342 e. The topological polar surface area (TPSA) is 133 Å². The minimum absolute atomic E-state index is 0.00188. The number of Topliss-reactive ketones (excluding diaryl/α,β-unsaturated/α-hetero) is 1. The van der Waals surface area contributed by atoms with Crippen LogP contribution in [0.2, 0.25) is 5.02 Å². The number of nitro benzene ring substituents is 1. The molecule has 1 aliphatic heterocycles. The molecule has 0 aliphatic carbocycles. The highest BCUT2D eigenvalue weighted by molar-refractivity contribution is 6.40. The first-order valence-electron chi connectivity index (χ1n) is 10.0. The van der Waals surface area contributed by atoms with Crippen molar-refractivity contribution in [2.45, 2.75) is 0 Å². The van der Waals surface area contributed by atoms with E-state index in [9.17, 15) is 29.3 Å². The van der Waals surface area contributed by atoms with E-state index in [4.69, 9.17) is 21.1 Å². The van der Waals surface area contributed by atoms with Crippen LogP contribution in [0.5, 0.6) is 5.75 Å². The summed E-state index contributed by atoms with van der Waals surface area (Å²) in [6.07, 6.45) is 0. The molecule has 0 radical (unpaired) electrons. The number of nitrogens with zero attached hydrogens (tertiary/aromatic N) is 2. The summed E-state index contributed by atoms with van der Waals surface area (Å²) in [5, 5.41) is 10.8. The number of imide groups is 1. The number of amides is 2. The van der Waals surface area contributed by atoms with Crippen molar-refractivity contribution in [3.63, 3.8) is 0 Å². The van der Waals surface area contributed by atoms with Gasteiger partial charge < -0.3 is 9.47 Å². The summed E-state index contributed by atoms with van der Waals surface area (Å²) < 4.78 is 10.3. The van der Waals surface area contributed by atoms with Crippen LogP contribution in [0, 0.1) is 10.1 Å². The maximum absolute atomic E-state index is 12.8. The van der Waals surface area contributed by atoms with Gasteiger partial charge in [-0.1, -0.05) is 35.9 Å². The largest absolute Gasteiger partial charge is 0.496 e. The molecule has 0 saturated carbocycles. The first kappa shape index (κ1) is 23.6. The van der Waals surface area contributed by atoms with Crippen LogP contribution < -0.4 is 9.64 Å². The molecule has 1 heterocycles. The molecule has 2 amide bonds. The third-order valence-corrected chi connectivity index (χ3v) is 5.54. The fourth-order valence-electron chi connectivity index (χ4n) is 3.54. The van der Waals surface area contributed by atoms with Gasteiger partial charge in [0.05, 0.1) is 33.9 Å². The zero-order valence-corrected chi connectivity index (χ0v) is 18.8. The van der Waals surface area contributed by atoms with Gasteiger partial charge in [0, 0.05) is 23.8 Å². The van der Waals surface area contributed by atoms with Crippen LogP contribution in [0.15, 0.2) is 60.7 Å². The lowest BCUT2D eigenvalue weighted by molar-refractivity contribution is -0.384. The SMILES string of the molecule is COc1cc(N2C(=O)c3ccccc3C2=O)c(Cl)cc1C(=O)OCC(=O)c1cccc([N+](=O)[O-])c1. The van der Waals surface area contributed by atoms with E-state index in [1.165, 1.54) is 49.6 Å². The van der Waals surface area contributed by atoms with E-state index in [2.05, 4.69) is 0 Å². The molecule has 3 aromatic carbocycles. The molecule has 0 fully saturated rings. The zero-order valence-electron chi connectivity index (χ0n) is 18.0. The molecule has 3 aromatic rings. The number of fused-ring (bicyclic) bond motifs is 1. The number of nitro groups is 1. The number of rotatable bonds is 7. The number of halogens is 1. The van der Waals surface area contributed by atoms with Crippen molar-refractivity contribution in [3.05, 3.63) is 98.1 Å². The number of carbonyl (C=O) groups excluding carboxylic acids is 4.